The Morgan fingerprint density at radius 3 is 2.64 bits per heavy atom. The van der Waals surface area contributed by atoms with E-state index in [1.165, 1.54) is 12.1 Å². The van der Waals surface area contributed by atoms with Gasteiger partial charge in [0.2, 0.25) is 0 Å². The summed E-state index contributed by atoms with van der Waals surface area (Å²) in [6.07, 6.45) is 0.415. The van der Waals surface area contributed by atoms with Gasteiger partial charge in [-0.1, -0.05) is 12.1 Å². The summed E-state index contributed by atoms with van der Waals surface area (Å²) < 4.78 is 12.6. The summed E-state index contributed by atoms with van der Waals surface area (Å²) in [5.74, 6) is -0.251. The number of hydrogen-bond donors (Lipinski definition) is 0. The van der Waals surface area contributed by atoms with Gasteiger partial charge in [0.05, 0.1) is 19.0 Å². The highest BCUT2D eigenvalue weighted by Gasteiger charge is 1.96. The minimum atomic E-state index is -0.251. The minimum Gasteiger partial charge on any atom is -0.288 e. The second-order valence-corrected chi connectivity index (χ2v) is 2.88. The fraction of sp³-hybridized carbons (Fsp3) is 0.273. The smallest absolute Gasteiger partial charge is 0.123 e. The average Bonchev–Trinajstić information content (AvgIpc) is 2.19. The van der Waals surface area contributed by atoms with Gasteiger partial charge in [0.15, 0.2) is 0 Å². The van der Waals surface area contributed by atoms with E-state index in [9.17, 15) is 4.39 Å². The van der Waals surface area contributed by atoms with E-state index < -0.39 is 0 Å². The zero-order chi connectivity index (χ0) is 10.4. The second kappa shape index (κ2) is 5.13. The first kappa shape index (κ1) is 10.4. The van der Waals surface area contributed by atoms with Crippen molar-refractivity contribution in [1.82, 2.24) is 0 Å². The standard InChI is InChI=1S/C11H11FN2/c1-9(14-8-2-7-13)10-3-5-11(12)6-4-10/h3-6H,2,8H2,1H3. The Labute approximate surface area is 82.7 Å². The minimum absolute atomic E-state index is 0.251. The molecule has 0 aromatic heterocycles. The lowest BCUT2D eigenvalue weighted by Gasteiger charge is -1.99. The molecule has 0 aliphatic rings. The van der Waals surface area contributed by atoms with Gasteiger partial charge in [-0.3, -0.25) is 4.99 Å². The number of rotatable bonds is 3. The molecular weight excluding hydrogens is 179 g/mol. The van der Waals surface area contributed by atoms with Crippen LogP contribution in [0.1, 0.15) is 18.9 Å². The monoisotopic (exact) mass is 190 g/mol. The third-order valence-electron chi connectivity index (χ3n) is 1.83. The Morgan fingerprint density at radius 1 is 1.43 bits per heavy atom. The molecule has 0 fully saturated rings. The number of nitrogens with zero attached hydrogens (tertiary/aromatic N) is 2. The summed E-state index contributed by atoms with van der Waals surface area (Å²) in [5.41, 5.74) is 1.73. The van der Waals surface area contributed by atoms with Gasteiger partial charge in [-0.2, -0.15) is 5.26 Å². The number of benzene rings is 1. The van der Waals surface area contributed by atoms with Crippen LogP contribution in [-0.4, -0.2) is 12.3 Å². The maximum absolute atomic E-state index is 12.6. The lowest BCUT2D eigenvalue weighted by Crippen LogP contribution is -1.96. The van der Waals surface area contributed by atoms with Crippen LogP contribution in [0.25, 0.3) is 0 Å². The molecule has 0 aliphatic heterocycles. The van der Waals surface area contributed by atoms with Crippen molar-refractivity contribution in [3.05, 3.63) is 35.6 Å². The number of nitriles is 1. The van der Waals surface area contributed by atoms with Gasteiger partial charge < -0.3 is 0 Å². The first-order valence-electron chi connectivity index (χ1n) is 4.38. The molecular formula is C11H11FN2. The third kappa shape index (κ3) is 2.98. The molecule has 1 rings (SSSR count). The Hall–Kier alpha value is -1.69. The summed E-state index contributed by atoms with van der Waals surface area (Å²) in [7, 11) is 0. The summed E-state index contributed by atoms with van der Waals surface area (Å²) in [6.45, 7) is 2.35. The van der Waals surface area contributed by atoms with E-state index >= 15 is 0 Å². The third-order valence-corrected chi connectivity index (χ3v) is 1.83. The molecule has 0 saturated heterocycles. The molecule has 0 heterocycles. The van der Waals surface area contributed by atoms with Crippen LogP contribution in [0.4, 0.5) is 4.39 Å². The van der Waals surface area contributed by atoms with Gasteiger partial charge >= 0.3 is 0 Å². The summed E-state index contributed by atoms with van der Waals surface area (Å²) in [6, 6.07) is 8.18. The van der Waals surface area contributed by atoms with Crippen LogP contribution in [-0.2, 0) is 0 Å². The molecule has 2 nitrogen and oxygen atoms in total. The number of hydrogen-bond acceptors (Lipinski definition) is 2. The van der Waals surface area contributed by atoms with E-state index in [0.717, 1.165) is 11.3 Å². The van der Waals surface area contributed by atoms with Crippen molar-refractivity contribution in [2.75, 3.05) is 6.54 Å². The van der Waals surface area contributed by atoms with Crippen LogP contribution >= 0.6 is 0 Å². The molecule has 72 valence electrons. The predicted octanol–water partition coefficient (Wildman–Crippen LogP) is 2.55. The Kier molecular flexibility index (Phi) is 3.81. The first-order chi connectivity index (χ1) is 6.74. The molecule has 0 amide bonds. The van der Waals surface area contributed by atoms with Gasteiger partial charge in [0.25, 0.3) is 0 Å². The van der Waals surface area contributed by atoms with E-state index in [1.54, 1.807) is 12.1 Å². The SMILES string of the molecule is CC(=NCCC#N)c1ccc(F)cc1. The molecule has 0 atom stereocenters. The molecule has 1 aromatic carbocycles. The largest absolute Gasteiger partial charge is 0.288 e. The van der Waals surface area contributed by atoms with Crippen LogP contribution in [0.3, 0.4) is 0 Å². The topological polar surface area (TPSA) is 36.1 Å². The highest BCUT2D eigenvalue weighted by atomic mass is 19.1. The molecule has 0 N–H and O–H groups in total. The maximum atomic E-state index is 12.6. The fourth-order valence-corrected chi connectivity index (χ4v) is 1.06. The molecule has 0 unspecified atom stereocenters. The second-order valence-electron chi connectivity index (χ2n) is 2.88. The van der Waals surface area contributed by atoms with Crippen LogP contribution in [0.5, 0.6) is 0 Å². The van der Waals surface area contributed by atoms with Crippen molar-refractivity contribution in [3.63, 3.8) is 0 Å². The molecule has 14 heavy (non-hydrogen) atoms. The lowest BCUT2D eigenvalue weighted by atomic mass is 10.1. The maximum Gasteiger partial charge on any atom is 0.123 e. The quantitative estimate of drug-likeness (QED) is 0.533. The Balaban J connectivity index is 2.70. The number of aliphatic imine (C=N–C) groups is 1. The van der Waals surface area contributed by atoms with E-state index in [0.29, 0.717) is 13.0 Å². The van der Waals surface area contributed by atoms with Crippen molar-refractivity contribution in [3.8, 4) is 6.07 Å². The summed E-state index contributed by atoms with van der Waals surface area (Å²) in [4.78, 5) is 4.19. The highest BCUT2D eigenvalue weighted by Crippen LogP contribution is 2.04. The van der Waals surface area contributed by atoms with E-state index in [2.05, 4.69) is 4.99 Å². The van der Waals surface area contributed by atoms with E-state index in [1.807, 2.05) is 13.0 Å². The summed E-state index contributed by atoms with van der Waals surface area (Å²) >= 11 is 0. The van der Waals surface area contributed by atoms with Crippen molar-refractivity contribution in [1.29, 1.82) is 5.26 Å². The zero-order valence-corrected chi connectivity index (χ0v) is 8.00. The number of halogens is 1. The van der Waals surface area contributed by atoms with Crippen molar-refractivity contribution >= 4 is 5.71 Å². The Morgan fingerprint density at radius 2 is 2.07 bits per heavy atom. The zero-order valence-electron chi connectivity index (χ0n) is 8.00. The predicted molar refractivity (Wildman–Crippen MR) is 53.7 cm³/mol. The van der Waals surface area contributed by atoms with Crippen LogP contribution < -0.4 is 0 Å². The molecule has 0 saturated carbocycles. The lowest BCUT2D eigenvalue weighted by molar-refractivity contribution is 0.628. The fourth-order valence-electron chi connectivity index (χ4n) is 1.06. The molecule has 0 aliphatic carbocycles. The van der Waals surface area contributed by atoms with Crippen molar-refractivity contribution in [2.24, 2.45) is 4.99 Å². The summed E-state index contributed by atoms with van der Waals surface area (Å²) in [5, 5.41) is 8.32. The first-order valence-corrected chi connectivity index (χ1v) is 4.38. The Bertz CT molecular complexity index is 360. The van der Waals surface area contributed by atoms with Gasteiger partial charge in [0, 0.05) is 5.71 Å². The van der Waals surface area contributed by atoms with Crippen LogP contribution in [0.15, 0.2) is 29.3 Å². The van der Waals surface area contributed by atoms with Gasteiger partial charge in [-0.15, -0.1) is 0 Å². The molecule has 0 radical (unpaired) electrons. The van der Waals surface area contributed by atoms with Crippen LogP contribution in [0.2, 0.25) is 0 Å². The van der Waals surface area contributed by atoms with Crippen LogP contribution in [0, 0.1) is 17.1 Å². The average molecular weight is 190 g/mol. The molecule has 1 aromatic rings. The van der Waals surface area contributed by atoms with E-state index in [4.69, 9.17) is 5.26 Å². The molecule has 0 bridgehead atoms. The van der Waals surface area contributed by atoms with Gasteiger partial charge in [0.1, 0.15) is 5.82 Å². The van der Waals surface area contributed by atoms with Crippen molar-refractivity contribution < 1.29 is 4.39 Å². The normalized spacial score (nSPS) is 11.1. The highest BCUT2D eigenvalue weighted by molar-refractivity contribution is 5.98. The van der Waals surface area contributed by atoms with Gasteiger partial charge in [-0.05, 0) is 24.6 Å². The van der Waals surface area contributed by atoms with Gasteiger partial charge in [-0.25, -0.2) is 4.39 Å². The van der Waals surface area contributed by atoms with E-state index in [-0.39, 0.29) is 5.82 Å². The van der Waals surface area contributed by atoms with Crippen molar-refractivity contribution in [2.45, 2.75) is 13.3 Å². The molecule has 0 spiro atoms. The molecule has 3 heteroatoms.